The first kappa shape index (κ1) is 18.5. The van der Waals surface area contributed by atoms with Crippen LogP contribution in [0, 0.1) is 0 Å². The van der Waals surface area contributed by atoms with Gasteiger partial charge in [-0.25, -0.2) is 9.78 Å². The molecule has 26 heavy (non-hydrogen) atoms. The van der Waals surface area contributed by atoms with Crippen LogP contribution in [0.15, 0.2) is 51.4 Å². The maximum atomic E-state index is 12.8. The van der Waals surface area contributed by atoms with Crippen LogP contribution in [-0.2, 0) is 9.53 Å². The lowest BCUT2D eigenvalue weighted by Gasteiger charge is -2.27. The molecule has 0 bridgehead atoms. The Morgan fingerprint density at radius 2 is 2.35 bits per heavy atom. The Morgan fingerprint density at radius 3 is 3.00 bits per heavy atom. The Balaban J connectivity index is 2.16. The highest BCUT2D eigenvalue weighted by Crippen LogP contribution is 2.41. The van der Waals surface area contributed by atoms with Crippen molar-refractivity contribution in [2.45, 2.75) is 24.9 Å². The van der Waals surface area contributed by atoms with Gasteiger partial charge in [0.25, 0.3) is 5.56 Å². The number of thioether (sulfide) groups is 1. The second-order valence-electron chi connectivity index (χ2n) is 5.57. The zero-order valence-electron chi connectivity index (χ0n) is 14.5. The van der Waals surface area contributed by atoms with Crippen molar-refractivity contribution in [2.24, 2.45) is 0 Å². The van der Waals surface area contributed by atoms with Crippen LogP contribution in [0.5, 0.6) is 0 Å². The minimum absolute atomic E-state index is 0.262. The number of rotatable bonds is 6. The number of carbonyl (C=O) groups is 1. The van der Waals surface area contributed by atoms with E-state index in [0.29, 0.717) is 33.6 Å². The Hall–Kier alpha value is -2.32. The molecule has 3 rings (SSSR count). The summed E-state index contributed by atoms with van der Waals surface area (Å²) in [5.74, 6) is 0.189. The van der Waals surface area contributed by atoms with Crippen molar-refractivity contribution < 1.29 is 9.53 Å². The topological polar surface area (TPSA) is 84.1 Å². The third kappa shape index (κ3) is 3.47. The monoisotopic (exact) mass is 389 g/mol. The number of allylic oxidation sites excluding steroid dienone is 1. The van der Waals surface area contributed by atoms with Gasteiger partial charge < -0.3 is 15.0 Å². The molecule has 2 aromatic rings. The van der Waals surface area contributed by atoms with E-state index in [9.17, 15) is 9.59 Å². The maximum Gasteiger partial charge on any atom is 0.336 e. The molecule has 8 heteroatoms. The highest BCUT2D eigenvalue weighted by molar-refractivity contribution is 7.99. The van der Waals surface area contributed by atoms with Crippen LogP contribution in [0.1, 0.15) is 30.2 Å². The van der Waals surface area contributed by atoms with Gasteiger partial charge in [-0.05, 0) is 25.3 Å². The molecule has 6 nitrogen and oxygen atoms in total. The van der Waals surface area contributed by atoms with Crippen LogP contribution >= 0.6 is 23.1 Å². The summed E-state index contributed by atoms with van der Waals surface area (Å²) in [7, 11) is 0. The number of aromatic amines is 1. The Bertz CT molecular complexity index is 916. The summed E-state index contributed by atoms with van der Waals surface area (Å²) in [6, 6.07) is 3.81. The number of carbonyl (C=O) groups excluding carboxylic acids is 1. The number of ether oxygens (including phenoxy) is 1. The minimum Gasteiger partial charge on any atom is -0.463 e. The predicted octanol–water partition coefficient (Wildman–Crippen LogP) is 3.50. The van der Waals surface area contributed by atoms with E-state index in [4.69, 9.17) is 4.74 Å². The summed E-state index contributed by atoms with van der Waals surface area (Å²) in [5.41, 5.74) is 1.26. The normalized spacial score (nSPS) is 16.0. The molecule has 2 N–H and O–H groups in total. The first-order valence-electron chi connectivity index (χ1n) is 8.13. The van der Waals surface area contributed by atoms with Crippen molar-refractivity contribution in [3.8, 4) is 0 Å². The molecule has 1 aliphatic rings. The van der Waals surface area contributed by atoms with E-state index in [-0.39, 0.29) is 12.2 Å². The van der Waals surface area contributed by atoms with Crippen molar-refractivity contribution in [1.82, 2.24) is 9.97 Å². The molecule has 3 heterocycles. The zero-order chi connectivity index (χ0) is 18.7. The van der Waals surface area contributed by atoms with Crippen LogP contribution < -0.4 is 10.9 Å². The first-order valence-corrected chi connectivity index (χ1v) is 9.99. The summed E-state index contributed by atoms with van der Waals surface area (Å²) in [5, 5.41) is 5.55. The zero-order valence-corrected chi connectivity index (χ0v) is 16.1. The van der Waals surface area contributed by atoms with E-state index < -0.39 is 11.9 Å². The number of nitrogens with zero attached hydrogens (tertiary/aromatic N) is 1. The van der Waals surface area contributed by atoms with Gasteiger partial charge in [0, 0.05) is 16.3 Å². The van der Waals surface area contributed by atoms with Crippen molar-refractivity contribution in [3.05, 3.63) is 62.2 Å². The number of hydrogen-bond acceptors (Lipinski definition) is 7. The number of hydrogen-bond donors (Lipinski definition) is 2. The average molecular weight is 390 g/mol. The molecule has 0 amide bonds. The summed E-state index contributed by atoms with van der Waals surface area (Å²) < 4.78 is 5.23. The maximum absolute atomic E-state index is 12.8. The van der Waals surface area contributed by atoms with Crippen LogP contribution in [0.3, 0.4) is 0 Å². The highest BCUT2D eigenvalue weighted by Gasteiger charge is 2.36. The molecule has 0 saturated carbocycles. The minimum atomic E-state index is -0.500. The average Bonchev–Trinajstić information content (AvgIpc) is 3.13. The quantitative estimate of drug-likeness (QED) is 0.340. The fourth-order valence-corrected chi connectivity index (χ4v) is 4.30. The number of nitrogens with one attached hydrogen (secondary N) is 2. The van der Waals surface area contributed by atoms with Crippen LogP contribution in [0.2, 0.25) is 0 Å². The van der Waals surface area contributed by atoms with Gasteiger partial charge in [-0.2, -0.15) is 0 Å². The second-order valence-corrected chi connectivity index (χ2v) is 7.55. The molecule has 0 fully saturated rings. The van der Waals surface area contributed by atoms with E-state index in [2.05, 4.69) is 21.9 Å². The standard InChI is InChI=1S/C18H19N3O3S2/c1-4-8-26-18-20-15-14(16(22)21-18)13(11-7-6-9-25-11)12(10(3)19-15)17(23)24-5-2/h4,6-7,9,13H,1,5,8H2,2-3H3,(H2,19,20,21,22)/t13-/m0/s1. The molecule has 0 unspecified atom stereocenters. The lowest BCUT2D eigenvalue weighted by atomic mass is 9.86. The van der Waals surface area contributed by atoms with Gasteiger partial charge in [0.05, 0.1) is 23.7 Å². The number of aromatic nitrogens is 2. The molecule has 0 spiro atoms. The SMILES string of the molecule is C=CCSc1nc2c(c(=O)[nH]1)[C@@H](c1cccs1)C(C(=O)OCC)=C(C)N2. The van der Waals surface area contributed by atoms with Crippen molar-refractivity contribution >= 4 is 34.9 Å². The number of H-pyrrole nitrogens is 1. The molecule has 0 aliphatic carbocycles. The molecule has 0 saturated heterocycles. The summed E-state index contributed by atoms with van der Waals surface area (Å²) in [4.78, 5) is 33.7. The number of thiophene rings is 1. The third-order valence-electron chi connectivity index (χ3n) is 3.88. The summed E-state index contributed by atoms with van der Waals surface area (Å²) in [6.07, 6.45) is 1.75. The predicted molar refractivity (Wildman–Crippen MR) is 105 cm³/mol. The molecular formula is C18H19N3O3S2. The summed E-state index contributed by atoms with van der Waals surface area (Å²) in [6.45, 7) is 7.51. The third-order valence-corrected chi connectivity index (χ3v) is 5.69. The Labute approximate surface area is 159 Å². The number of esters is 1. The lowest BCUT2D eigenvalue weighted by molar-refractivity contribution is -0.138. The van der Waals surface area contributed by atoms with Crippen molar-refractivity contribution in [3.63, 3.8) is 0 Å². The van der Waals surface area contributed by atoms with Gasteiger partial charge in [-0.15, -0.1) is 17.9 Å². The first-order chi connectivity index (χ1) is 12.6. The highest BCUT2D eigenvalue weighted by atomic mass is 32.2. The summed E-state index contributed by atoms with van der Waals surface area (Å²) >= 11 is 2.89. The molecular weight excluding hydrogens is 370 g/mol. The van der Waals surface area contributed by atoms with E-state index in [1.165, 1.54) is 23.1 Å². The second kappa shape index (κ2) is 7.92. The molecule has 0 aromatic carbocycles. The van der Waals surface area contributed by atoms with Gasteiger partial charge in [-0.3, -0.25) is 4.79 Å². The fraction of sp³-hybridized carbons (Fsp3) is 0.278. The smallest absolute Gasteiger partial charge is 0.336 e. The molecule has 1 aliphatic heterocycles. The molecule has 1 atom stereocenters. The van der Waals surface area contributed by atoms with Gasteiger partial charge in [-0.1, -0.05) is 23.9 Å². The van der Waals surface area contributed by atoms with Crippen molar-refractivity contribution in [2.75, 3.05) is 17.7 Å². The Kier molecular flexibility index (Phi) is 5.63. The van der Waals surface area contributed by atoms with Gasteiger partial charge in [0.2, 0.25) is 0 Å². The molecule has 136 valence electrons. The number of fused-ring (bicyclic) bond motifs is 1. The van der Waals surface area contributed by atoms with Crippen LogP contribution in [0.4, 0.5) is 5.82 Å². The van der Waals surface area contributed by atoms with Gasteiger partial charge in [0.1, 0.15) is 5.82 Å². The van der Waals surface area contributed by atoms with E-state index in [1.807, 2.05) is 17.5 Å². The van der Waals surface area contributed by atoms with E-state index >= 15 is 0 Å². The lowest BCUT2D eigenvalue weighted by Crippen LogP contribution is -2.30. The Morgan fingerprint density at radius 1 is 1.54 bits per heavy atom. The fourth-order valence-electron chi connectivity index (χ4n) is 2.86. The van der Waals surface area contributed by atoms with E-state index in [0.717, 1.165) is 4.88 Å². The molecule has 2 aromatic heterocycles. The largest absolute Gasteiger partial charge is 0.463 e. The van der Waals surface area contributed by atoms with Gasteiger partial charge in [0.15, 0.2) is 5.16 Å². The van der Waals surface area contributed by atoms with Crippen LogP contribution in [0.25, 0.3) is 0 Å². The van der Waals surface area contributed by atoms with Crippen molar-refractivity contribution in [1.29, 1.82) is 0 Å². The number of anilines is 1. The molecule has 0 radical (unpaired) electrons. The van der Waals surface area contributed by atoms with Crippen LogP contribution in [-0.4, -0.2) is 28.3 Å². The van der Waals surface area contributed by atoms with Gasteiger partial charge >= 0.3 is 5.97 Å². The van der Waals surface area contributed by atoms with E-state index in [1.54, 1.807) is 19.9 Å².